The van der Waals surface area contributed by atoms with Crippen LogP contribution in [-0.4, -0.2) is 34.8 Å². The highest BCUT2D eigenvalue weighted by atomic mass is 16.2. The molecule has 0 radical (unpaired) electrons. The van der Waals surface area contributed by atoms with Crippen molar-refractivity contribution in [2.45, 2.75) is 39.0 Å². The Balaban J connectivity index is 1.70. The number of hydrogen-bond donors (Lipinski definition) is 1. The van der Waals surface area contributed by atoms with Crippen LogP contribution in [0.5, 0.6) is 0 Å². The van der Waals surface area contributed by atoms with Crippen LogP contribution >= 0.6 is 0 Å². The zero-order chi connectivity index (χ0) is 18.5. The number of carbonyl (C=O) groups is 2. The summed E-state index contributed by atoms with van der Waals surface area (Å²) >= 11 is 0. The summed E-state index contributed by atoms with van der Waals surface area (Å²) in [5.41, 5.74) is 2.73. The molecule has 1 aromatic carbocycles. The third-order valence-electron chi connectivity index (χ3n) is 4.72. The Kier molecular flexibility index (Phi) is 5.66. The molecule has 2 heterocycles. The second-order valence-corrected chi connectivity index (χ2v) is 7.01. The molecule has 0 saturated carbocycles. The molecule has 136 valence electrons. The lowest BCUT2D eigenvalue weighted by Gasteiger charge is -2.26. The quantitative estimate of drug-likeness (QED) is 0.903. The predicted octanol–water partition coefficient (Wildman–Crippen LogP) is 4.08. The number of nitrogens with one attached hydrogen (secondary N) is 1. The first-order valence-electron chi connectivity index (χ1n) is 9.21. The first-order chi connectivity index (χ1) is 12.5. The van der Waals surface area contributed by atoms with E-state index in [2.05, 4.69) is 24.1 Å². The number of likely N-dealkylation sites (tertiary alicyclic amines) is 1. The summed E-state index contributed by atoms with van der Waals surface area (Å²) in [5.74, 6) is 0.112. The Bertz CT molecular complexity index is 778. The molecule has 26 heavy (non-hydrogen) atoms. The number of hydrogen-bond acceptors (Lipinski definition) is 3. The normalized spacial score (nSPS) is 14.3. The Labute approximate surface area is 154 Å². The minimum Gasteiger partial charge on any atom is -0.337 e. The maximum atomic E-state index is 12.6. The summed E-state index contributed by atoms with van der Waals surface area (Å²) in [6.45, 7) is 5.79. The van der Waals surface area contributed by atoms with Gasteiger partial charge in [0.25, 0.3) is 11.8 Å². The van der Waals surface area contributed by atoms with Gasteiger partial charge in [0.05, 0.1) is 0 Å². The molecule has 0 spiro atoms. The van der Waals surface area contributed by atoms with E-state index in [9.17, 15) is 9.59 Å². The minimum absolute atomic E-state index is 0.0966. The largest absolute Gasteiger partial charge is 0.337 e. The molecule has 2 amide bonds. The topological polar surface area (TPSA) is 62.3 Å². The molecular weight excluding hydrogens is 326 g/mol. The van der Waals surface area contributed by atoms with E-state index in [-0.39, 0.29) is 11.8 Å². The Hall–Kier alpha value is -2.69. The highest BCUT2D eigenvalue weighted by Gasteiger charge is 2.20. The number of benzene rings is 1. The van der Waals surface area contributed by atoms with Crippen LogP contribution in [0.25, 0.3) is 0 Å². The standard InChI is InChI=1S/C21H25N3O2/c1-15(2)16-6-8-18(9-7-16)23-20(25)17-10-11-22-19(14-17)21(26)24-12-4-3-5-13-24/h6-11,14-15H,3-5,12-13H2,1-2H3,(H,23,25). The van der Waals surface area contributed by atoms with Crippen molar-refractivity contribution in [1.82, 2.24) is 9.88 Å². The van der Waals surface area contributed by atoms with Gasteiger partial charge < -0.3 is 10.2 Å². The fraction of sp³-hybridized carbons (Fsp3) is 0.381. The van der Waals surface area contributed by atoms with Crippen LogP contribution < -0.4 is 5.32 Å². The molecular formula is C21H25N3O2. The lowest BCUT2D eigenvalue weighted by Crippen LogP contribution is -2.36. The summed E-state index contributed by atoms with van der Waals surface area (Å²) in [5, 5.41) is 2.88. The van der Waals surface area contributed by atoms with E-state index >= 15 is 0 Å². The minimum atomic E-state index is -0.239. The van der Waals surface area contributed by atoms with Crippen LogP contribution in [0.3, 0.4) is 0 Å². The summed E-state index contributed by atoms with van der Waals surface area (Å²) in [6.07, 6.45) is 4.74. The van der Waals surface area contributed by atoms with Crippen LogP contribution in [0.2, 0.25) is 0 Å². The van der Waals surface area contributed by atoms with Gasteiger partial charge in [-0.05, 0) is 55.0 Å². The smallest absolute Gasteiger partial charge is 0.272 e. The molecule has 5 nitrogen and oxygen atoms in total. The molecule has 0 atom stereocenters. The first-order valence-corrected chi connectivity index (χ1v) is 9.21. The third-order valence-corrected chi connectivity index (χ3v) is 4.72. The molecule has 0 bridgehead atoms. The van der Waals surface area contributed by atoms with E-state index in [0.717, 1.165) is 38.0 Å². The summed E-state index contributed by atoms with van der Waals surface area (Å²) in [4.78, 5) is 31.1. The molecule has 1 N–H and O–H groups in total. The number of aromatic nitrogens is 1. The average Bonchev–Trinajstić information content (AvgIpc) is 2.68. The summed E-state index contributed by atoms with van der Waals surface area (Å²) in [6, 6.07) is 11.0. The molecule has 1 aromatic heterocycles. The fourth-order valence-corrected chi connectivity index (χ4v) is 3.10. The van der Waals surface area contributed by atoms with Crippen molar-refractivity contribution in [2.75, 3.05) is 18.4 Å². The number of piperidine rings is 1. The fourth-order valence-electron chi connectivity index (χ4n) is 3.10. The van der Waals surface area contributed by atoms with Crippen molar-refractivity contribution >= 4 is 17.5 Å². The van der Waals surface area contributed by atoms with Gasteiger partial charge in [-0.25, -0.2) is 0 Å². The number of anilines is 1. The maximum Gasteiger partial charge on any atom is 0.272 e. The molecule has 1 fully saturated rings. The Morgan fingerprint density at radius 1 is 1.04 bits per heavy atom. The van der Waals surface area contributed by atoms with Gasteiger partial charge in [0.15, 0.2) is 0 Å². The summed E-state index contributed by atoms with van der Waals surface area (Å²) in [7, 11) is 0. The zero-order valence-corrected chi connectivity index (χ0v) is 15.4. The lowest BCUT2D eigenvalue weighted by atomic mass is 10.0. The zero-order valence-electron chi connectivity index (χ0n) is 15.4. The SMILES string of the molecule is CC(C)c1ccc(NC(=O)c2ccnc(C(=O)N3CCCCC3)c2)cc1. The average molecular weight is 351 g/mol. The predicted molar refractivity (Wildman–Crippen MR) is 102 cm³/mol. The van der Waals surface area contributed by atoms with Crippen molar-refractivity contribution < 1.29 is 9.59 Å². The van der Waals surface area contributed by atoms with Crippen molar-refractivity contribution in [1.29, 1.82) is 0 Å². The molecule has 3 rings (SSSR count). The molecule has 0 unspecified atom stereocenters. The second-order valence-electron chi connectivity index (χ2n) is 7.01. The monoisotopic (exact) mass is 351 g/mol. The number of nitrogens with zero attached hydrogens (tertiary/aromatic N) is 2. The van der Waals surface area contributed by atoms with Gasteiger partial charge in [-0.1, -0.05) is 26.0 Å². The highest BCUT2D eigenvalue weighted by Crippen LogP contribution is 2.18. The molecule has 1 aliphatic heterocycles. The number of rotatable bonds is 4. The van der Waals surface area contributed by atoms with Crippen LogP contribution in [0.1, 0.15) is 65.4 Å². The third kappa shape index (κ3) is 4.28. The van der Waals surface area contributed by atoms with Crippen LogP contribution in [0, 0.1) is 0 Å². The second kappa shape index (κ2) is 8.13. The van der Waals surface area contributed by atoms with Gasteiger partial charge in [0.2, 0.25) is 0 Å². The Morgan fingerprint density at radius 3 is 2.38 bits per heavy atom. The van der Waals surface area contributed by atoms with Gasteiger partial charge in [0, 0.05) is 30.5 Å². The van der Waals surface area contributed by atoms with Crippen molar-refractivity contribution in [3.63, 3.8) is 0 Å². The van der Waals surface area contributed by atoms with Gasteiger partial charge in [-0.2, -0.15) is 0 Å². The molecule has 1 aliphatic rings. The van der Waals surface area contributed by atoms with E-state index in [1.54, 1.807) is 12.1 Å². The van der Waals surface area contributed by atoms with Crippen molar-refractivity contribution in [3.8, 4) is 0 Å². The van der Waals surface area contributed by atoms with E-state index in [1.807, 2.05) is 29.2 Å². The van der Waals surface area contributed by atoms with Gasteiger partial charge in [0.1, 0.15) is 5.69 Å². The summed E-state index contributed by atoms with van der Waals surface area (Å²) < 4.78 is 0. The molecule has 5 heteroatoms. The highest BCUT2D eigenvalue weighted by molar-refractivity contribution is 6.05. The lowest BCUT2D eigenvalue weighted by molar-refractivity contribution is 0.0718. The van der Waals surface area contributed by atoms with Crippen LogP contribution in [0.4, 0.5) is 5.69 Å². The van der Waals surface area contributed by atoms with Crippen LogP contribution in [-0.2, 0) is 0 Å². The van der Waals surface area contributed by atoms with Gasteiger partial charge >= 0.3 is 0 Å². The number of carbonyl (C=O) groups excluding carboxylic acids is 2. The Morgan fingerprint density at radius 2 is 1.73 bits per heavy atom. The number of amides is 2. The molecule has 0 aliphatic carbocycles. The van der Waals surface area contributed by atoms with Crippen molar-refractivity contribution in [3.05, 3.63) is 59.4 Å². The van der Waals surface area contributed by atoms with Gasteiger partial charge in [-0.3, -0.25) is 14.6 Å². The van der Waals surface area contributed by atoms with E-state index in [0.29, 0.717) is 17.2 Å². The maximum absolute atomic E-state index is 12.6. The molecule has 1 saturated heterocycles. The van der Waals surface area contributed by atoms with E-state index < -0.39 is 0 Å². The van der Waals surface area contributed by atoms with Crippen molar-refractivity contribution in [2.24, 2.45) is 0 Å². The molecule has 2 aromatic rings. The van der Waals surface area contributed by atoms with E-state index in [1.165, 1.54) is 11.8 Å². The van der Waals surface area contributed by atoms with Gasteiger partial charge in [-0.15, -0.1) is 0 Å². The van der Waals surface area contributed by atoms with Crippen LogP contribution in [0.15, 0.2) is 42.6 Å². The number of pyridine rings is 1. The first kappa shape index (κ1) is 18.1. The van der Waals surface area contributed by atoms with E-state index in [4.69, 9.17) is 0 Å².